The van der Waals surface area contributed by atoms with Crippen molar-refractivity contribution in [3.05, 3.63) is 40.7 Å². The summed E-state index contributed by atoms with van der Waals surface area (Å²) in [5, 5.41) is 14.5. The fourth-order valence-electron chi connectivity index (χ4n) is 3.48. The molecule has 2 N–H and O–H groups in total. The molecule has 0 bridgehead atoms. The van der Waals surface area contributed by atoms with E-state index in [0.717, 1.165) is 48.4 Å². The molecule has 1 aromatic carbocycles. The van der Waals surface area contributed by atoms with Gasteiger partial charge in [-0.05, 0) is 63.9 Å². The van der Waals surface area contributed by atoms with Gasteiger partial charge in [0.15, 0.2) is 5.69 Å². The molecule has 0 atom stereocenters. The van der Waals surface area contributed by atoms with Gasteiger partial charge in [-0.3, -0.25) is 9.59 Å². The maximum atomic E-state index is 12.8. The van der Waals surface area contributed by atoms with Crippen molar-refractivity contribution >= 4 is 17.5 Å². The molecule has 0 unspecified atom stereocenters. The molecule has 8 heteroatoms. The number of nitrogens with zero attached hydrogens (tertiary/aromatic N) is 4. The van der Waals surface area contributed by atoms with Gasteiger partial charge in [0.25, 0.3) is 5.91 Å². The van der Waals surface area contributed by atoms with E-state index < -0.39 is 0 Å². The normalized spacial score (nSPS) is 14.7. The summed E-state index contributed by atoms with van der Waals surface area (Å²) in [5.74, 6) is -0.540. The minimum Gasteiger partial charge on any atom is -0.331 e. The molecule has 1 fully saturated rings. The molecule has 2 aromatic rings. The molecular formula is C20H28N6O2. The predicted molar refractivity (Wildman–Crippen MR) is 107 cm³/mol. The average molecular weight is 384 g/mol. The first-order valence-corrected chi connectivity index (χ1v) is 9.62. The maximum absolute atomic E-state index is 12.8. The van der Waals surface area contributed by atoms with E-state index in [9.17, 15) is 9.59 Å². The fraction of sp³-hybridized carbons (Fsp3) is 0.500. The molecule has 2 amide bonds. The van der Waals surface area contributed by atoms with Gasteiger partial charge in [-0.1, -0.05) is 17.3 Å². The molecule has 0 aliphatic carbocycles. The first-order chi connectivity index (χ1) is 13.4. The number of carbonyl (C=O) groups is 2. The topological polar surface area (TPSA) is 92.2 Å². The summed E-state index contributed by atoms with van der Waals surface area (Å²) in [6, 6.07) is 6.01. The van der Waals surface area contributed by atoms with Crippen LogP contribution in [0.15, 0.2) is 18.2 Å². The van der Waals surface area contributed by atoms with Gasteiger partial charge in [-0.15, -0.1) is 5.10 Å². The summed E-state index contributed by atoms with van der Waals surface area (Å²) in [6.07, 6.45) is 1.93. The maximum Gasteiger partial charge on any atom is 0.276 e. The SMILES string of the molecule is Cc1cccc(NC(=O)CN(C)C(=O)c2nnn(C3CCNCC3)c2C)c1C. The lowest BCUT2D eigenvalue weighted by atomic mass is 10.1. The van der Waals surface area contributed by atoms with Gasteiger partial charge in [0.05, 0.1) is 18.3 Å². The monoisotopic (exact) mass is 384 g/mol. The van der Waals surface area contributed by atoms with Crippen molar-refractivity contribution in [1.29, 1.82) is 0 Å². The van der Waals surface area contributed by atoms with Crippen LogP contribution in [0.1, 0.15) is 46.2 Å². The number of aromatic nitrogens is 3. The average Bonchev–Trinajstić information content (AvgIpc) is 3.06. The minimum absolute atomic E-state index is 0.0497. The molecule has 1 aromatic heterocycles. The summed E-state index contributed by atoms with van der Waals surface area (Å²) in [4.78, 5) is 26.6. The molecule has 150 valence electrons. The molecule has 0 spiro atoms. The van der Waals surface area contributed by atoms with E-state index in [-0.39, 0.29) is 24.4 Å². The highest BCUT2D eigenvalue weighted by Crippen LogP contribution is 2.21. The standard InChI is InChI=1S/C20H28N6O2/c1-13-6-5-7-17(14(13)2)22-18(27)12-25(4)20(28)19-15(3)26(24-23-19)16-8-10-21-11-9-16/h5-7,16,21H,8-12H2,1-4H3,(H,22,27). The Labute approximate surface area is 165 Å². The highest BCUT2D eigenvalue weighted by atomic mass is 16.2. The highest BCUT2D eigenvalue weighted by Gasteiger charge is 2.25. The number of benzene rings is 1. The predicted octanol–water partition coefficient (Wildman–Crippen LogP) is 1.84. The fourth-order valence-corrected chi connectivity index (χ4v) is 3.48. The Bertz CT molecular complexity index is 870. The number of amides is 2. The van der Waals surface area contributed by atoms with Crippen molar-refractivity contribution in [3.8, 4) is 0 Å². The first kappa shape index (κ1) is 20.0. The van der Waals surface area contributed by atoms with Crippen molar-refractivity contribution in [2.24, 2.45) is 0 Å². The minimum atomic E-state index is -0.297. The van der Waals surface area contributed by atoms with Crippen molar-refractivity contribution in [1.82, 2.24) is 25.2 Å². The quantitative estimate of drug-likeness (QED) is 0.821. The Kier molecular flexibility index (Phi) is 6.08. The second-order valence-corrected chi connectivity index (χ2v) is 7.41. The first-order valence-electron chi connectivity index (χ1n) is 9.62. The second kappa shape index (κ2) is 8.52. The largest absolute Gasteiger partial charge is 0.331 e. The molecule has 0 radical (unpaired) electrons. The van der Waals surface area contributed by atoms with Crippen LogP contribution in [-0.2, 0) is 4.79 Å². The van der Waals surface area contributed by atoms with Crippen LogP contribution in [0.25, 0.3) is 0 Å². The molecule has 0 saturated carbocycles. The Morgan fingerprint density at radius 3 is 2.68 bits per heavy atom. The van der Waals surface area contributed by atoms with Gasteiger partial charge in [0, 0.05) is 12.7 Å². The Morgan fingerprint density at radius 2 is 1.96 bits per heavy atom. The molecule has 1 aliphatic rings. The van der Waals surface area contributed by atoms with Crippen LogP contribution < -0.4 is 10.6 Å². The van der Waals surface area contributed by atoms with E-state index in [4.69, 9.17) is 0 Å². The molecule has 1 saturated heterocycles. The van der Waals surface area contributed by atoms with Crippen LogP contribution in [0.5, 0.6) is 0 Å². The third-order valence-electron chi connectivity index (χ3n) is 5.39. The van der Waals surface area contributed by atoms with Crippen LogP contribution in [0.3, 0.4) is 0 Å². The third kappa shape index (κ3) is 4.22. The van der Waals surface area contributed by atoms with Gasteiger partial charge in [-0.2, -0.15) is 0 Å². The van der Waals surface area contributed by atoms with E-state index >= 15 is 0 Å². The zero-order valence-electron chi connectivity index (χ0n) is 17.0. The molecule has 1 aliphatic heterocycles. The highest BCUT2D eigenvalue weighted by molar-refractivity contribution is 5.99. The van der Waals surface area contributed by atoms with Gasteiger partial charge in [0.1, 0.15) is 0 Å². The van der Waals surface area contributed by atoms with E-state index in [1.165, 1.54) is 4.90 Å². The smallest absolute Gasteiger partial charge is 0.276 e. The summed E-state index contributed by atoms with van der Waals surface area (Å²) >= 11 is 0. The van der Waals surface area contributed by atoms with Crippen LogP contribution in [0, 0.1) is 20.8 Å². The number of likely N-dealkylation sites (N-methyl/N-ethyl adjacent to an activating group) is 1. The molecular weight excluding hydrogens is 356 g/mol. The molecule has 28 heavy (non-hydrogen) atoms. The summed E-state index contributed by atoms with van der Waals surface area (Å²) < 4.78 is 1.85. The Morgan fingerprint density at radius 1 is 1.25 bits per heavy atom. The molecule has 3 rings (SSSR count). The van der Waals surface area contributed by atoms with Crippen molar-refractivity contribution < 1.29 is 9.59 Å². The zero-order valence-corrected chi connectivity index (χ0v) is 17.0. The van der Waals surface area contributed by atoms with Crippen molar-refractivity contribution in [2.75, 3.05) is 32.0 Å². The molecule has 2 heterocycles. The Hall–Kier alpha value is -2.74. The van der Waals surface area contributed by atoms with Crippen LogP contribution in [0.4, 0.5) is 5.69 Å². The van der Waals surface area contributed by atoms with Crippen LogP contribution in [-0.4, -0.2) is 58.4 Å². The number of rotatable bonds is 5. The van der Waals surface area contributed by atoms with Gasteiger partial charge in [0.2, 0.25) is 5.91 Å². The number of hydrogen-bond donors (Lipinski definition) is 2. The third-order valence-corrected chi connectivity index (χ3v) is 5.39. The van der Waals surface area contributed by atoms with Crippen molar-refractivity contribution in [3.63, 3.8) is 0 Å². The number of piperidine rings is 1. The number of hydrogen-bond acceptors (Lipinski definition) is 5. The summed E-state index contributed by atoms with van der Waals surface area (Å²) in [6.45, 7) is 7.64. The van der Waals surface area contributed by atoms with Gasteiger partial charge in [-0.25, -0.2) is 4.68 Å². The number of carbonyl (C=O) groups excluding carboxylic acids is 2. The number of nitrogens with one attached hydrogen (secondary N) is 2. The van der Waals surface area contributed by atoms with E-state index in [2.05, 4.69) is 20.9 Å². The summed E-state index contributed by atoms with van der Waals surface area (Å²) in [7, 11) is 1.61. The second-order valence-electron chi connectivity index (χ2n) is 7.41. The lowest BCUT2D eigenvalue weighted by molar-refractivity contribution is -0.116. The lowest BCUT2D eigenvalue weighted by Crippen LogP contribution is -2.35. The lowest BCUT2D eigenvalue weighted by Gasteiger charge is -2.23. The van der Waals surface area contributed by atoms with E-state index in [0.29, 0.717) is 5.69 Å². The van der Waals surface area contributed by atoms with Crippen LogP contribution >= 0.6 is 0 Å². The number of anilines is 1. The van der Waals surface area contributed by atoms with E-state index in [1.54, 1.807) is 7.05 Å². The van der Waals surface area contributed by atoms with E-state index in [1.807, 2.05) is 43.7 Å². The number of aryl methyl sites for hydroxylation is 1. The van der Waals surface area contributed by atoms with Gasteiger partial charge < -0.3 is 15.5 Å². The zero-order chi connectivity index (χ0) is 20.3. The Balaban J connectivity index is 1.65. The summed E-state index contributed by atoms with van der Waals surface area (Å²) in [5.41, 5.74) is 3.94. The molecule has 8 nitrogen and oxygen atoms in total. The van der Waals surface area contributed by atoms with Crippen molar-refractivity contribution in [2.45, 2.75) is 39.7 Å². The van der Waals surface area contributed by atoms with Gasteiger partial charge >= 0.3 is 0 Å². The van der Waals surface area contributed by atoms with Crippen LogP contribution in [0.2, 0.25) is 0 Å².